The molecule has 104 valence electrons. The van der Waals surface area contributed by atoms with Crippen molar-refractivity contribution in [2.24, 2.45) is 0 Å². The predicted octanol–water partition coefficient (Wildman–Crippen LogP) is 3.94. The largest absolute Gasteiger partial charge is 0.342 e. The van der Waals surface area contributed by atoms with Crippen molar-refractivity contribution in [3.63, 3.8) is 0 Å². The molecule has 0 radical (unpaired) electrons. The Morgan fingerprint density at radius 2 is 1.74 bits per heavy atom. The lowest BCUT2D eigenvalue weighted by Crippen LogP contribution is -2.51. The molecule has 0 spiro atoms. The number of hydrazine groups is 1. The van der Waals surface area contributed by atoms with Crippen molar-refractivity contribution in [2.75, 3.05) is 5.01 Å². The van der Waals surface area contributed by atoms with Gasteiger partial charge in [-0.1, -0.05) is 42.6 Å². The van der Waals surface area contributed by atoms with E-state index >= 15 is 0 Å². The van der Waals surface area contributed by atoms with Crippen molar-refractivity contribution in [2.45, 2.75) is 45.2 Å². The Hall–Kier alpha value is -0.650. The number of anilines is 1. The number of halogens is 1. The molecule has 0 atom stereocenters. The summed E-state index contributed by atoms with van der Waals surface area (Å²) < 4.78 is 1.07. The average Bonchev–Trinajstić information content (AvgIpc) is 2.68. The highest BCUT2D eigenvalue weighted by atomic mass is 79.9. The molecule has 0 bridgehead atoms. The summed E-state index contributed by atoms with van der Waals surface area (Å²) in [5, 5.41) is 6.20. The predicted molar refractivity (Wildman–Crippen MR) is 88.0 cm³/mol. The van der Waals surface area contributed by atoms with E-state index in [1.54, 1.807) is 0 Å². The first kappa shape index (κ1) is 14.8. The molecule has 1 fully saturated rings. The summed E-state index contributed by atoms with van der Waals surface area (Å²) in [6, 6.07) is 8.16. The lowest BCUT2D eigenvalue weighted by molar-refractivity contribution is 0.286. The number of nitrogens with one attached hydrogen (secondary N) is 2. The van der Waals surface area contributed by atoms with E-state index in [0.717, 1.165) is 41.0 Å². The molecule has 2 rings (SSSR count). The molecule has 1 aromatic carbocycles. The topological polar surface area (TPSA) is 27.3 Å². The summed E-state index contributed by atoms with van der Waals surface area (Å²) in [4.78, 5) is 0. The van der Waals surface area contributed by atoms with E-state index in [1.807, 2.05) is 17.1 Å². The first-order valence-electron chi connectivity index (χ1n) is 6.76. The van der Waals surface area contributed by atoms with Crippen molar-refractivity contribution in [1.29, 1.82) is 0 Å². The highest BCUT2D eigenvalue weighted by Gasteiger charge is 2.38. The molecule has 19 heavy (non-hydrogen) atoms. The summed E-state index contributed by atoms with van der Waals surface area (Å²) >= 11 is 8.93. The van der Waals surface area contributed by atoms with Crippen LogP contribution in [0.5, 0.6) is 0 Å². The third-order valence-corrected chi connectivity index (χ3v) is 4.13. The van der Waals surface area contributed by atoms with Crippen molar-refractivity contribution in [3.05, 3.63) is 28.7 Å². The number of nitrogens with zero attached hydrogens (tertiary/aromatic N) is 1. The smallest absolute Gasteiger partial charge is 0.189 e. The molecule has 0 aromatic heterocycles. The second-order valence-corrected chi connectivity index (χ2v) is 6.24. The maximum Gasteiger partial charge on any atom is 0.189 e. The highest BCUT2D eigenvalue weighted by Crippen LogP contribution is 2.26. The summed E-state index contributed by atoms with van der Waals surface area (Å²) in [5.74, 6) is 0. The van der Waals surface area contributed by atoms with E-state index in [2.05, 4.69) is 52.7 Å². The lowest BCUT2D eigenvalue weighted by Gasteiger charge is -2.29. The Morgan fingerprint density at radius 3 is 2.26 bits per heavy atom. The average molecular weight is 342 g/mol. The second-order valence-electron chi connectivity index (χ2n) is 4.94. The van der Waals surface area contributed by atoms with Crippen LogP contribution in [0.3, 0.4) is 0 Å². The summed E-state index contributed by atoms with van der Waals surface area (Å²) in [5.41, 5.74) is 4.53. The van der Waals surface area contributed by atoms with Gasteiger partial charge in [-0.2, -0.15) is 0 Å². The van der Waals surface area contributed by atoms with Crippen molar-refractivity contribution in [1.82, 2.24) is 10.7 Å². The summed E-state index contributed by atoms with van der Waals surface area (Å²) in [7, 11) is 0. The molecule has 1 aliphatic heterocycles. The second kappa shape index (κ2) is 6.20. The Morgan fingerprint density at radius 1 is 1.16 bits per heavy atom. The minimum absolute atomic E-state index is 0.0896. The number of hydrogen-bond acceptors (Lipinski definition) is 2. The van der Waals surface area contributed by atoms with Crippen LogP contribution in [0, 0.1) is 0 Å². The van der Waals surface area contributed by atoms with Crippen molar-refractivity contribution >= 4 is 38.9 Å². The number of benzene rings is 1. The fourth-order valence-corrected chi connectivity index (χ4v) is 3.15. The van der Waals surface area contributed by atoms with Gasteiger partial charge < -0.3 is 5.32 Å². The third kappa shape index (κ3) is 3.27. The maximum atomic E-state index is 5.47. The first-order chi connectivity index (χ1) is 9.10. The van der Waals surface area contributed by atoms with Crippen LogP contribution < -0.4 is 15.8 Å². The molecule has 1 aliphatic rings. The molecule has 3 nitrogen and oxygen atoms in total. The molecular weight excluding hydrogens is 322 g/mol. The Bertz CT molecular complexity index is 441. The van der Waals surface area contributed by atoms with Gasteiger partial charge in [-0.3, -0.25) is 5.01 Å². The van der Waals surface area contributed by atoms with Gasteiger partial charge in [0, 0.05) is 4.47 Å². The minimum atomic E-state index is -0.0896. The van der Waals surface area contributed by atoms with E-state index in [0.29, 0.717) is 0 Å². The van der Waals surface area contributed by atoms with Gasteiger partial charge in [-0.15, -0.1) is 0 Å². The third-order valence-electron chi connectivity index (χ3n) is 3.31. The van der Waals surface area contributed by atoms with Gasteiger partial charge in [0.15, 0.2) is 5.11 Å². The van der Waals surface area contributed by atoms with Crippen molar-refractivity contribution < 1.29 is 0 Å². The molecule has 0 amide bonds. The van der Waals surface area contributed by atoms with E-state index in [4.69, 9.17) is 12.2 Å². The SMILES string of the molecule is CCCC1(CCC)NC(=S)N(c2ccc(Br)cc2)N1. The van der Waals surface area contributed by atoms with Gasteiger partial charge in [-0.25, -0.2) is 5.43 Å². The molecule has 1 heterocycles. The van der Waals surface area contributed by atoms with Gasteiger partial charge in [0.05, 0.1) is 5.69 Å². The van der Waals surface area contributed by atoms with E-state index < -0.39 is 0 Å². The molecular formula is C14H20BrN3S. The molecule has 2 N–H and O–H groups in total. The first-order valence-corrected chi connectivity index (χ1v) is 7.96. The molecule has 5 heteroatoms. The van der Waals surface area contributed by atoms with Crippen LogP contribution in [-0.2, 0) is 0 Å². The van der Waals surface area contributed by atoms with Crippen LogP contribution in [0.4, 0.5) is 5.69 Å². The molecule has 0 unspecified atom stereocenters. The summed E-state index contributed by atoms with van der Waals surface area (Å²) in [6.07, 6.45) is 4.37. The monoisotopic (exact) mass is 341 g/mol. The molecule has 1 saturated heterocycles. The molecule has 1 aromatic rings. The van der Waals surface area contributed by atoms with Gasteiger partial charge >= 0.3 is 0 Å². The Kier molecular flexibility index (Phi) is 4.81. The Balaban J connectivity index is 2.20. The van der Waals surface area contributed by atoms with Crippen LogP contribution in [0.25, 0.3) is 0 Å². The van der Waals surface area contributed by atoms with Crippen molar-refractivity contribution in [3.8, 4) is 0 Å². The zero-order valence-corrected chi connectivity index (χ0v) is 13.8. The highest BCUT2D eigenvalue weighted by molar-refractivity contribution is 9.10. The number of hydrogen-bond donors (Lipinski definition) is 2. The van der Waals surface area contributed by atoms with E-state index in [-0.39, 0.29) is 5.66 Å². The molecule has 0 saturated carbocycles. The number of thiocarbonyl (C=S) groups is 1. The molecule has 0 aliphatic carbocycles. The number of rotatable bonds is 5. The van der Waals surface area contributed by atoms with Gasteiger partial charge in [0.2, 0.25) is 0 Å². The zero-order valence-electron chi connectivity index (χ0n) is 11.4. The van der Waals surface area contributed by atoms with E-state index in [1.165, 1.54) is 0 Å². The normalized spacial score (nSPS) is 17.6. The van der Waals surface area contributed by atoms with Crippen LogP contribution in [0.2, 0.25) is 0 Å². The van der Waals surface area contributed by atoms with Crippen LogP contribution in [0.1, 0.15) is 39.5 Å². The fourth-order valence-electron chi connectivity index (χ4n) is 2.54. The van der Waals surface area contributed by atoms with Crippen LogP contribution in [-0.4, -0.2) is 10.8 Å². The fraction of sp³-hybridized carbons (Fsp3) is 0.500. The van der Waals surface area contributed by atoms with E-state index in [9.17, 15) is 0 Å². The van der Waals surface area contributed by atoms with Gasteiger partial charge in [-0.05, 0) is 49.3 Å². The standard InChI is InChI=1S/C14H20BrN3S/c1-3-9-14(10-4-2)16-13(19)18(17-14)12-7-5-11(15)6-8-12/h5-8,17H,3-4,9-10H2,1-2H3,(H,16,19). The minimum Gasteiger partial charge on any atom is -0.342 e. The van der Waals surface area contributed by atoms with Gasteiger partial charge in [0.1, 0.15) is 5.66 Å². The zero-order chi connectivity index (χ0) is 13.9. The maximum absolute atomic E-state index is 5.47. The van der Waals surface area contributed by atoms with Crippen LogP contribution in [0.15, 0.2) is 28.7 Å². The lowest BCUT2D eigenvalue weighted by atomic mass is 10.00. The van der Waals surface area contributed by atoms with Crippen LogP contribution >= 0.6 is 28.1 Å². The quantitative estimate of drug-likeness (QED) is 0.793. The summed E-state index contributed by atoms with van der Waals surface area (Å²) in [6.45, 7) is 4.40. The Labute approximate surface area is 128 Å². The van der Waals surface area contributed by atoms with Gasteiger partial charge in [0.25, 0.3) is 0 Å².